The summed E-state index contributed by atoms with van der Waals surface area (Å²) in [5.41, 5.74) is 0.180. The molecule has 1 spiro atoms. The lowest BCUT2D eigenvalue weighted by Crippen LogP contribution is -2.58. The van der Waals surface area contributed by atoms with E-state index in [4.69, 9.17) is 47.4 Å². The van der Waals surface area contributed by atoms with E-state index in [2.05, 4.69) is 50.3 Å². The Morgan fingerprint density at radius 1 is 0.970 bits per heavy atom. The zero-order valence-corrected chi connectivity index (χ0v) is 40.5. The molecule has 2 bridgehead atoms. The maximum atomic E-state index is 14.4. The van der Waals surface area contributed by atoms with Crippen molar-refractivity contribution in [1.82, 2.24) is 5.32 Å². The Hall–Kier alpha value is -3.29. The molecular weight excluding hydrogens is 853 g/mol. The number of carbonyl (C=O) groups excluding carboxylic acids is 2. The molecule has 4 fully saturated rings. The second kappa shape index (κ2) is 21.1. The highest BCUT2D eigenvalue weighted by Crippen LogP contribution is 2.46. The minimum atomic E-state index is -1.88. The monoisotopic (exact) mass is 927 g/mol. The number of methoxy groups -OCH3 is 2. The van der Waals surface area contributed by atoms with E-state index in [-0.39, 0.29) is 66.8 Å². The van der Waals surface area contributed by atoms with Gasteiger partial charge < -0.3 is 63.0 Å². The van der Waals surface area contributed by atoms with E-state index < -0.39 is 78.6 Å². The summed E-state index contributed by atoms with van der Waals surface area (Å²) in [5, 5.41) is 29.1. The number of aliphatic hydroxyl groups is 1. The highest BCUT2D eigenvalue weighted by Gasteiger charge is 2.60. The van der Waals surface area contributed by atoms with Crippen LogP contribution in [-0.4, -0.2) is 140 Å². The van der Waals surface area contributed by atoms with Gasteiger partial charge in [0.2, 0.25) is 5.91 Å². The Balaban J connectivity index is 1.17. The SMILES string of the molecule is CC[C@H](C)[C@H]1O[C@]2(C=C[C@@H]1C)C[C@@H]1C[C@@H](C/C=C(\C)[C@@H](O[C@H]3C[C@H](OC)[C@@H](O[C@H]4C[C@H](OC)[C@H](NC(C)=O)[C@H](C)O4)[C@H](C)O3)[C@@H](C)/C=C/C=C3\CO[C@@H]4/C(=N\O)C(C)=C[C@@H](C(=O)O1)[C@]34O)O2. The van der Waals surface area contributed by atoms with E-state index in [1.54, 1.807) is 33.3 Å². The first-order chi connectivity index (χ1) is 31.4. The van der Waals surface area contributed by atoms with Crippen molar-refractivity contribution in [2.45, 2.75) is 192 Å². The van der Waals surface area contributed by atoms with Crippen molar-refractivity contribution < 1.29 is 67.3 Å². The summed E-state index contributed by atoms with van der Waals surface area (Å²) in [6.07, 6.45) is 10.3. The number of nitrogens with zero attached hydrogens (tertiary/aromatic N) is 1. The van der Waals surface area contributed by atoms with Crippen molar-refractivity contribution in [2.75, 3.05) is 20.8 Å². The third-order valence-electron chi connectivity index (χ3n) is 14.9. The molecule has 4 saturated heterocycles. The lowest BCUT2D eigenvalue weighted by molar-refractivity contribution is -0.311. The number of nitrogens with one attached hydrogen (secondary N) is 1. The molecule has 6 heterocycles. The second-order valence-electron chi connectivity index (χ2n) is 19.6. The Labute approximate surface area is 390 Å². The lowest BCUT2D eigenvalue weighted by Gasteiger charge is -2.48. The number of hydrogen-bond acceptors (Lipinski definition) is 15. The molecule has 16 nitrogen and oxygen atoms in total. The second-order valence-corrected chi connectivity index (χ2v) is 19.6. The molecule has 7 rings (SSSR count). The Morgan fingerprint density at radius 3 is 2.38 bits per heavy atom. The average molecular weight is 927 g/mol. The van der Waals surface area contributed by atoms with E-state index in [9.17, 15) is 19.9 Å². The van der Waals surface area contributed by atoms with Gasteiger partial charge >= 0.3 is 5.97 Å². The van der Waals surface area contributed by atoms with Crippen LogP contribution in [0.25, 0.3) is 0 Å². The number of esters is 1. The first kappa shape index (κ1) is 50.6. The van der Waals surface area contributed by atoms with Crippen LogP contribution in [-0.2, 0) is 57.0 Å². The van der Waals surface area contributed by atoms with Gasteiger partial charge in [0.15, 0.2) is 18.4 Å². The molecule has 1 amide bonds. The first-order valence-electron chi connectivity index (χ1n) is 23.9. The van der Waals surface area contributed by atoms with Gasteiger partial charge in [-0.3, -0.25) is 9.59 Å². The van der Waals surface area contributed by atoms with E-state index in [1.165, 1.54) is 6.92 Å². The van der Waals surface area contributed by atoms with E-state index >= 15 is 0 Å². The van der Waals surface area contributed by atoms with E-state index in [0.717, 1.165) is 12.0 Å². The van der Waals surface area contributed by atoms with Crippen molar-refractivity contribution in [2.24, 2.45) is 28.8 Å². The van der Waals surface area contributed by atoms with Gasteiger partial charge in [0.1, 0.15) is 35.5 Å². The molecule has 19 atom stereocenters. The standard InChI is InChI=1S/C50H74N2O14/c1-12-26(2)45-29(5)18-19-49(66-45)24-36-21-35(65-49)17-16-28(4)44(27(3)14-13-15-34-25-59-47-42(52-56)30(6)20-37(48(54)62-36)50(34,47)55)63-41-23-39(58-11)46(32(8)61-41)64-40-22-38(57-10)43(31(7)60-40)51-33(9)53/h13-16,18-20,26-27,29,31-32,35-41,43-47,55-56H,12,17,21-25H2,1-11H3,(H,51,53)/b14-13+,28-16+,34-15+,52-42-/t26-,27-,29-,31-,32-,35+,36-,37-,38-,39-,40-,41-,43+,44-,45+,46-,47+,49+,50+/m0/s1. The summed E-state index contributed by atoms with van der Waals surface area (Å²) >= 11 is 0. The van der Waals surface area contributed by atoms with Crippen LogP contribution in [0.1, 0.15) is 101 Å². The van der Waals surface area contributed by atoms with Crippen LogP contribution < -0.4 is 5.32 Å². The summed E-state index contributed by atoms with van der Waals surface area (Å²) in [4.78, 5) is 26.4. The van der Waals surface area contributed by atoms with Gasteiger partial charge in [0, 0.05) is 58.7 Å². The highest BCUT2D eigenvalue weighted by atomic mass is 16.7. The number of ether oxygens (including phenoxy) is 10. The minimum Gasteiger partial charge on any atom is -0.462 e. The average Bonchev–Trinajstić information content (AvgIpc) is 3.61. The van der Waals surface area contributed by atoms with Crippen LogP contribution >= 0.6 is 0 Å². The molecule has 66 heavy (non-hydrogen) atoms. The molecule has 0 radical (unpaired) electrons. The predicted molar refractivity (Wildman–Crippen MR) is 242 cm³/mol. The van der Waals surface area contributed by atoms with Gasteiger partial charge in [0.05, 0.1) is 55.4 Å². The summed E-state index contributed by atoms with van der Waals surface area (Å²) < 4.78 is 64.5. The summed E-state index contributed by atoms with van der Waals surface area (Å²) in [7, 11) is 3.26. The van der Waals surface area contributed by atoms with Crippen molar-refractivity contribution in [1.29, 1.82) is 0 Å². The normalized spacial score (nSPS) is 46.3. The lowest BCUT2D eigenvalue weighted by atomic mass is 9.71. The summed E-state index contributed by atoms with van der Waals surface area (Å²) in [6, 6.07) is -0.319. The van der Waals surface area contributed by atoms with Crippen LogP contribution in [0.4, 0.5) is 0 Å². The largest absolute Gasteiger partial charge is 0.462 e. The molecule has 0 unspecified atom stereocenters. The molecule has 6 aliphatic heterocycles. The number of amides is 1. The van der Waals surface area contributed by atoms with Gasteiger partial charge in [-0.2, -0.15) is 0 Å². The fourth-order valence-corrected chi connectivity index (χ4v) is 11.0. The highest BCUT2D eigenvalue weighted by molar-refractivity contribution is 6.07. The summed E-state index contributed by atoms with van der Waals surface area (Å²) in [5.74, 6) is -2.85. The third kappa shape index (κ3) is 10.5. The van der Waals surface area contributed by atoms with Crippen molar-refractivity contribution in [3.05, 3.63) is 59.3 Å². The molecular formula is C50H74N2O14. The van der Waals surface area contributed by atoms with Crippen molar-refractivity contribution in [3.8, 4) is 0 Å². The number of allylic oxidation sites excluding steroid dienone is 2. The minimum absolute atomic E-state index is 0.00120. The smallest absolute Gasteiger partial charge is 0.316 e. The third-order valence-corrected chi connectivity index (χ3v) is 14.9. The maximum Gasteiger partial charge on any atom is 0.316 e. The fourth-order valence-electron chi connectivity index (χ4n) is 11.0. The van der Waals surface area contributed by atoms with Crippen LogP contribution in [0, 0.1) is 23.7 Å². The van der Waals surface area contributed by atoms with Gasteiger partial charge in [0.25, 0.3) is 0 Å². The Bertz CT molecular complexity index is 1930. The zero-order valence-electron chi connectivity index (χ0n) is 40.5. The molecule has 0 aromatic carbocycles. The topological polar surface area (TPSA) is 191 Å². The van der Waals surface area contributed by atoms with Gasteiger partial charge in [-0.05, 0) is 62.8 Å². The van der Waals surface area contributed by atoms with Gasteiger partial charge in [-0.15, -0.1) is 0 Å². The zero-order chi connectivity index (χ0) is 47.7. The molecule has 16 heteroatoms. The van der Waals surface area contributed by atoms with Crippen molar-refractivity contribution >= 4 is 17.6 Å². The molecule has 1 aliphatic carbocycles. The first-order valence-corrected chi connectivity index (χ1v) is 23.9. The number of carbonyl (C=O) groups is 2. The Kier molecular flexibility index (Phi) is 16.2. The molecule has 0 saturated carbocycles. The molecule has 368 valence electrons. The number of hydrogen-bond donors (Lipinski definition) is 3. The summed E-state index contributed by atoms with van der Waals surface area (Å²) in [6.45, 7) is 17.6. The molecule has 0 aromatic heterocycles. The van der Waals surface area contributed by atoms with E-state index in [0.29, 0.717) is 36.8 Å². The van der Waals surface area contributed by atoms with Crippen LogP contribution in [0.3, 0.4) is 0 Å². The molecule has 3 N–H and O–H groups in total. The number of fused-ring (bicyclic) bond motifs is 2. The number of oxime groups is 1. The van der Waals surface area contributed by atoms with E-state index in [1.807, 2.05) is 39.0 Å². The van der Waals surface area contributed by atoms with Gasteiger partial charge in [-0.25, -0.2) is 0 Å². The maximum absolute atomic E-state index is 14.4. The van der Waals surface area contributed by atoms with Crippen LogP contribution in [0.5, 0.6) is 0 Å². The predicted octanol–water partition coefficient (Wildman–Crippen LogP) is 5.99. The Morgan fingerprint density at radius 2 is 1.68 bits per heavy atom. The van der Waals surface area contributed by atoms with Crippen molar-refractivity contribution in [3.63, 3.8) is 0 Å². The van der Waals surface area contributed by atoms with Crippen LogP contribution in [0.15, 0.2) is 64.4 Å². The van der Waals surface area contributed by atoms with Gasteiger partial charge in [-0.1, -0.05) is 75.7 Å². The fraction of sp³-hybridized carbons (Fsp3) is 0.740. The quantitative estimate of drug-likeness (QED) is 0.106. The molecule has 7 aliphatic rings. The molecule has 0 aromatic rings. The van der Waals surface area contributed by atoms with Crippen LogP contribution in [0.2, 0.25) is 0 Å². The number of rotatable bonds is 9.